The molecule has 0 bridgehead atoms. The SMILES string of the molecule is O=C(CNCC1CC1)NC(c1ccccc1)c1ccc(Br)cc1. The van der Waals surface area contributed by atoms with E-state index in [1.807, 2.05) is 54.6 Å². The van der Waals surface area contributed by atoms with Crippen LogP contribution in [-0.4, -0.2) is 19.0 Å². The number of nitrogens with one attached hydrogen (secondary N) is 2. The normalized spacial score (nSPS) is 15.2. The Morgan fingerprint density at radius 1 is 1.04 bits per heavy atom. The molecule has 2 N–H and O–H groups in total. The molecule has 1 amide bonds. The third-order valence-corrected chi connectivity index (χ3v) is 4.59. The van der Waals surface area contributed by atoms with Crippen LogP contribution < -0.4 is 10.6 Å². The summed E-state index contributed by atoms with van der Waals surface area (Å²) in [5.41, 5.74) is 2.17. The van der Waals surface area contributed by atoms with Gasteiger partial charge in [0.15, 0.2) is 0 Å². The summed E-state index contributed by atoms with van der Waals surface area (Å²) in [6.07, 6.45) is 2.58. The molecule has 4 heteroatoms. The third-order valence-electron chi connectivity index (χ3n) is 4.06. The molecule has 0 saturated heterocycles. The minimum Gasteiger partial charge on any atom is -0.344 e. The molecule has 1 unspecified atom stereocenters. The van der Waals surface area contributed by atoms with Crippen LogP contribution in [0.15, 0.2) is 59.1 Å². The van der Waals surface area contributed by atoms with Crippen LogP contribution in [0.1, 0.15) is 30.0 Å². The zero-order chi connectivity index (χ0) is 16.1. The summed E-state index contributed by atoms with van der Waals surface area (Å²) in [4.78, 5) is 12.3. The van der Waals surface area contributed by atoms with Crippen molar-refractivity contribution in [1.82, 2.24) is 10.6 Å². The summed E-state index contributed by atoms with van der Waals surface area (Å²) < 4.78 is 1.03. The smallest absolute Gasteiger partial charge is 0.234 e. The lowest BCUT2D eigenvalue weighted by molar-refractivity contribution is -0.120. The van der Waals surface area contributed by atoms with Crippen molar-refractivity contribution >= 4 is 21.8 Å². The molecule has 2 aromatic rings. The monoisotopic (exact) mass is 372 g/mol. The average Bonchev–Trinajstić information content (AvgIpc) is 3.39. The fourth-order valence-electron chi connectivity index (χ4n) is 2.58. The van der Waals surface area contributed by atoms with E-state index < -0.39 is 0 Å². The topological polar surface area (TPSA) is 41.1 Å². The van der Waals surface area contributed by atoms with E-state index in [0.29, 0.717) is 6.54 Å². The summed E-state index contributed by atoms with van der Waals surface area (Å²) in [5, 5.41) is 6.39. The first-order valence-corrected chi connectivity index (χ1v) is 8.82. The quantitative estimate of drug-likeness (QED) is 0.778. The van der Waals surface area contributed by atoms with E-state index in [-0.39, 0.29) is 11.9 Å². The first kappa shape index (κ1) is 16.2. The van der Waals surface area contributed by atoms with Crippen LogP contribution in [0, 0.1) is 5.92 Å². The van der Waals surface area contributed by atoms with Gasteiger partial charge in [-0.3, -0.25) is 4.79 Å². The Bertz CT molecular complexity index is 638. The van der Waals surface area contributed by atoms with Gasteiger partial charge in [-0.2, -0.15) is 0 Å². The van der Waals surface area contributed by atoms with Gasteiger partial charge >= 0.3 is 0 Å². The maximum atomic E-state index is 12.3. The molecule has 0 aromatic heterocycles. The average molecular weight is 373 g/mol. The summed E-state index contributed by atoms with van der Waals surface area (Å²) in [7, 11) is 0. The first-order chi connectivity index (χ1) is 11.2. The van der Waals surface area contributed by atoms with Gasteiger partial charge in [-0.15, -0.1) is 0 Å². The van der Waals surface area contributed by atoms with E-state index in [4.69, 9.17) is 0 Å². The molecule has 3 nitrogen and oxygen atoms in total. The van der Waals surface area contributed by atoms with Crippen molar-refractivity contribution in [2.24, 2.45) is 5.92 Å². The molecule has 2 aromatic carbocycles. The second-order valence-corrected chi connectivity index (χ2v) is 6.95. The second-order valence-electron chi connectivity index (χ2n) is 6.04. The molecule has 0 spiro atoms. The number of hydrogen-bond acceptors (Lipinski definition) is 2. The molecular weight excluding hydrogens is 352 g/mol. The van der Waals surface area contributed by atoms with Crippen LogP contribution in [0.2, 0.25) is 0 Å². The van der Waals surface area contributed by atoms with Crippen molar-refractivity contribution in [3.8, 4) is 0 Å². The number of carbonyl (C=O) groups is 1. The van der Waals surface area contributed by atoms with Crippen LogP contribution in [0.4, 0.5) is 0 Å². The van der Waals surface area contributed by atoms with Crippen LogP contribution in [-0.2, 0) is 4.79 Å². The van der Waals surface area contributed by atoms with Gasteiger partial charge in [0.2, 0.25) is 5.91 Å². The highest BCUT2D eigenvalue weighted by molar-refractivity contribution is 9.10. The molecule has 1 aliphatic rings. The summed E-state index contributed by atoms with van der Waals surface area (Å²) in [6, 6.07) is 18.0. The lowest BCUT2D eigenvalue weighted by Crippen LogP contribution is -2.37. The van der Waals surface area contributed by atoms with Gasteiger partial charge in [0, 0.05) is 4.47 Å². The first-order valence-electron chi connectivity index (χ1n) is 8.03. The Kier molecular flexibility index (Phi) is 5.47. The Morgan fingerprint density at radius 3 is 2.35 bits per heavy atom. The second kappa shape index (κ2) is 7.75. The van der Waals surface area contributed by atoms with Gasteiger partial charge in [-0.1, -0.05) is 58.4 Å². The molecule has 1 atom stereocenters. The molecule has 1 fully saturated rings. The van der Waals surface area contributed by atoms with Crippen molar-refractivity contribution in [3.63, 3.8) is 0 Å². The van der Waals surface area contributed by atoms with Crippen LogP contribution in [0.3, 0.4) is 0 Å². The van der Waals surface area contributed by atoms with Gasteiger partial charge in [-0.05, 0) is 48.6 Å². The standard InChI is InChI=1S/C19H21BrN2O/c20-17-10-8-16(9-11-17)19(15-4-2-1-3-5-15)22-18(23)13-21-12-14-6-7-14/h1-5,8-11,14,19,21H,6-7,12-13H2,(H,22,23). The number of hydrogen-bond donors (Lipinski definition) is 2. The Hall–Kier alpha value is -1.65. The lowest BCUT2D eigenvalue weighted by Gasteiger charge is -2.20. The maximum Gasteiger partial charge on any atom is 0.234 e. The highest BCUT2D eigenvalue weighted by Crippen LogP contribution is 2.27. The molecule has 1 saturated carbocycles. The minimum absolute atomic E-state index is 0.0300. The fourth-order valence-corrected chi connectivity index (χ4v) is 2.85. The van der Waals surface area contributed by atoms with E-state index in [9.17, 15) is 4.79 Å². The fraction of sp³-hybridized carbons (Fsp3) is 0.316. The van der Waals surface area contributed by atoms with E-state index in [1.54, 1.807) is 0 Å². The predicted molar refractivity (Wildman–Crippen MR) is 96.2 cm³/mol. The number of rotatable bonds is 7. The molecule has 0 radical (unpaired) electrons. The summed E-state index contributed by atoms with van der Waals surface area (Å²) in [5.74, 6) is 0.807. The van der Waals surface area contributed by atoms with Gasteiger partial charge in [-0.25, -0.2) is 0 Å². The van der Waals surface area contributed by atoms with Crippen LogP contribution in [0.25, 0.3) is 0 Å². The van der Waals surface area contributed by atoms with E-state index in [2.05, 4.69) is 26.6 Å². The Morgan fingerprint density at radius 2 is 1.70 bits per heavy atom. The third kappa shape index (κ3) is 4.91. The molecule has 0 aliphatic heterocycles. The van der Waals surface area contributed by atoms with Gasteiger partial charge < -0.3 is 10.6 Å². The highest BCUT2D eigenvalue weighted by Gasteiger charge is 2.21. The van der Waals surface area contributed by atoms with Gasteiger partial charge in [0.25, 0.3) is 0 Å². The maximum absolute atomic E-state index is 12.3. The molecular formula is C19H21BrN2O. The van der Waals surface area contributed by atoms with E-state index in [0.717, 1.165) is 28.1 Å². The zero-order valence-corrected chi connectivity index (χ0v) is 14.6. The summed E-state index contributed by atoms with van der Waals surface area (Å²) in [6.45, 7) is 1.32. The predicted octanol–water partition coefficient (Wildman–Crippen LogP) is 3.65. The molecule has 3 rings (SSSR count). The molecule has 120 valence electrons. The highest BCUT2D eigenvalue weighted by atomic mass is 79.9. The van der Waals surface area contributed by atoms with E-state index in [1.165, 1.54) is 12.8 Å². The van der Waals surface area contributed by atoms with E-state index >= 15 is 0 Å². The van der Waals surface area contributed by atoms with Crippen molar-refractivity contribution < 1.29 is 4.79 Å². The van der Waals surface area contributed by atoms with Crippen LogP contribution in [0.5, 0.6) is 0 Å². The number of benzene rings is 2. The summed E-state index contributed by atoms with van der Waals surface area (Å²) >= 11 is 3.46. The molecule has 0 heterocycles. The zero-order valence-electron chi connectivity index (χ0n) is 13.0. The largest absolute Gasteiger partial charge is 0.344 e. The van der Waals surface area contributed by atoms with Crippen molar-refractivity contribution in [3.05, 3.63) is 70.2 Å². The van der Waals surface area contributed by atoms with Crippen molar-refractivity contribution in [2.75, 3.05) is 13.1 Å². The Balaban J connectivity index is 1.69. The number of carbonyl (C=O) groups excluding carboxylic acids is 1. The number of halogens is 1. The van der Waals surface area contributed by atoms with Gasteiger partial charge in [0.05, 0.1) is 12.6 Å². The van der Waals surface area contributed by atoms with Crippen molar-refractivity contribution in [1.29, 1.82) is 0 Å². The van der Waals surface area contributed by atoms with Crippen molar-refractivity contribution in [2.45, 2.75) is 18.9 Å². The van der Waals surface area contributed by atoms with Gasteiger partial charge in [0.1, 0.15) is 0 Å². The molecule has 23 heavy (non-hydrogen) atoms. The minimum atomic E-state index is -0.125. The lowest BCUT2D eigenvalue weighted by atomic mass is 9.99. The van der Waals surface area contributed by atoms with Crippen LogP contribution >= 0.6 is 15.9 Å². The number of amides is 1. The molecule has 1 aliphatic carbocycles. The Labute approximate surface area is 145 Å².